The fourth-order valence-electron chi connectivity index (χ4n) is 1.61. The van der Waals surface area contributed by atoms with E-state index in [1.165, 1.54) is 7.11 Å². The predicted molar refractivity (Wildman–Crippen MR) is 49.7 cm³/mol. The van der Waals surface area contributed by atoms with E-state index in [-0.39, 0.29) is 11.3 Å². The van der Waals surface area contributed by atoms with Gasteiger partial charge in [-0.25, -0.2) is 8.78 Å². The third kappa shape index (κ3) is 1.57. The SMILES string of the molecule is COc1cc(F)c(F)cc1C1(O)CNC1. The van der Waals surface area contributed by atoms with E-state index in [1.807, 2.05) is 0 Å². The molecule has 15 heavy (non-hydrogen) atoms. The van der Waals surface area contributed by atoms with Gasteiger partial charge in [-0.05, 0) is 6.07 Å². The monoisotopic (exact) mass is 215 g/mol. The molecule has 0 amide bonds. The van der Waals surface area contributed by atoms with Crippen LogP contribution in [0.3, 0.4) is 0 Å². The number of β-amino-alcohol motifs (C(OH)–C–C–N with tert-alkyl or cyclic N) is 1. The number of hydrogen-bond acceptors (Lipinski definition) is 3. The second-order valence-corrected chi connectivity index (χ2v) is 3.60. The van der Waals surface area contributed by atoms with Crippen molar-refractivity contribution in [1.82, 2.24) is 5.32 Å². The lowest BCUT2D eigenvalue weighted by Gasteiger charge is -2.38. The zero-order chi connectivity index (χ0) is 11.1. The van der Waals surface area contributed by atoms with Crippen LogP contribution in [0.15, 0.2) is 12.1 Å². The van der Waals surface area contributed by atoms with Crippen LogP contribution in [-0.4, -0.2) is 25.3 Å². The van der Waals surface area contributed by atoms with Crippen LogP contribution >= 0.6 is 0 Å². The van der Waals surface area contributed by atoms with Gasteiger partial charge in [-0.2, -0.15) is 0 Å². The van der Waals surface area contributed by atoms with Gasteiger partial charge >= 0.3 is 0 Å². The fourth-order valence-corrected chi connectivity index (χ4v) is 1.61. The van der Waals surface area contributed by atoms with Gasteiger partial charge in [0.15, 0.2) is 11.6 Å². The quantitative estimate of drug-likeness (QED) is 0.765. The summed E-state index contributed by atoms with van der Waals surface area (Å²) in [5.41, 5.74) is -0.873. The Morgan fingerprint density at radius 2 is 1.93 bits per heavy atom. The largest absolute Gasteiger partial charge is 0.496 e. The van der Waals surface area contributed by atoms with Gasteiger partial charge in [0.25, 0.3) is 0 Å². The molecule has 3 nitrogen and oxygen atoms in total. The molecule has 0 aromatic heterocycles. The second-order valence-electron chi connectivity index (χ2n) is 3.60. The molecule has 1 saturated heterocycles. The van der Waals surface area contributed by atoms with Crippen molar-refractivity contribution in [2.24, 2.45) is 0 Å². The van der Waals surface area contributed by atoms with Crippen molar-refractivity contribution in [3.63, 3.8) is 0 Å². The molecule has 0 atom stereocenters. The molecular formula is C10H11F2NO2. The summed E-state index contributed by atoms with van der Waals surface area (Å²) in [6, 6.07) is 1.93. The first kappa shape index (κ1) is 10.3. The van der Waals surface area contributed by atoms with E-state index in [1.54, 1.807) is 0 Å². The lowest BCUT2D eigenvalue weighted by molar-refractivity contribution is -0.0168. The number of halogens is 2. The molecule has 1 aromatic rings. The molecule has 0 bridgehead atoms. The van der Waals surface area contributed by atoms with Crippen molar-refractivity contribution in [3.8, 4) is 5.75 Å². The molecular weight excluding hydrogens is 204 g/mol. The molecule has 1 aliphatic rings. The van der Waals surface area contributed by atoms with Gasteiger partial charge in [-0.3, -0.25) is 0 Å². The Morgan fingerprint density at radius 3 is 2.40 bits per heavy atom. The first-order valence-electron chi connectivity index (χ1n) is 4.53. The summed E-state index contributed by atoms with van der Waals surface area (Å²) < 4.78 is 30.8. The maximum atomic E-state index is 13.0. The highest BCUT2D eigenvalue weighted by atomic mass is 19.2. The molecule has 1 fully saturated rings. The van der Waals surface area contributed by atoms with Crippen molar-refractivity contribution in [2.75, 3.05) is 20.2 Å². The van der Waals surface area contributed by atoms with E-state index in [9.17, 15) is 13.9 Å². The Kier molecular flexibility index (Phi) is 2.36. The summed E-state index contributed by atoms with van der Waals surface area (Å²) in [4.78, 5) is 0. The molecule has 1 aromatic carbocycles. The standard InChI is InChI=1S/C10H11F2NO2/c1-15-9-3-8(12)7(11)2-6(9)10(14)4-13-5-10/h2-3,13-14H,4-5H2,1H3. The van der Waals surface area contributed by atoms with Crippen LogP contribution in [0, 0.1) is 11.6 Å². The first-order chi connectivity index (χ1) is 7.07. The third-order valence-electron chi connectivity index (χ3n) is 2.58. The normalized spacial score (nSPS) is 18.4. The molecule has 1 aliphatic heterocycles. The van der Waals surface area contributed by atoms with Gasteiger partial charge in [-0.1, -0.05) is 0 Å². The Morgan fingerprint density at radius 1 is 1.33 bits per heavy atom. The summed E-state index contributed by atoms with van der Waals surface area (Å²) in [5, 5.41) is 12.8. The number of benzene rings is 1. The number of methoxy groups -OCH3 is 1. The molecule has 0 spiro atoms. The highest BCUT2D eigenvalue weighted by Gasteiger charge is 2.39. The summed E-state index contributed by atoms with van der Waals surface area (Å²) >= 11 is 0. The van der Waals surface area contributed by atoms with Gasteiger partial charge in [0.05, 0.1) is 7.11 Å². The van der Waals surface area contributed by atoms with Gasteiger partial charge < -0.3 is 15.2 Å². The maximum absolute atomic E-state index is 13.0. The number of rotatable bonds is 2. The summed E-state index contributed by atoms with van der Waals surface area (Å²) in [7, 11) is 1.35. The maximum Gasteiger partial charge on any atom is 0.162 e. The number of nitrogens with one attached hydrogen (secondary N) is 1. The summed E-state index contributed by atoms with van der Waals surface area (Å²) in [6.07, 6.45) is 0. The summed E-state index contributed by atoms with van der Waals surface area (Å²) in [5.74, 6) is -1.80. The van der Waals surface area contributed by atoms with Crippen molar-refractivity contribution < 1.29 is 18.6 Å². The average molecular weight is 215 g/mol. The van der Waals surface area contributed by atoms with Gasteiger partial charge in [-0.15, -0.1) is 0 Å². The van der Waals surface area contributed by atoms with Gasteiger partial charge in [0.2, 0.25) is 0 Å². The van der Waals surface area contributed by atoms with E-state index in [2.05, 4.69) is 5.32 Å². The average Bonchev–Trinajstić information content (AvgIpc) is 2.18. The van der Waals surface area contributed by atoms with Crippen molar-refractivity contribution in [3.05, 3.63) is 29.3 Å². The Labute approximate surface area is 85.7 Å². The minimum absolute atomic E-state index is 0.165. The second kappa shape index (κ2) is 3.43. The zero-order valence-electron chi connectivity index (χ0n) is 8.18. The van der Waals surface area contributed by atoms with E-state index < -0.39 is 17.2 Å². The molecule has 1 heterocycles. The Hall–Kier alpha value is -1.20. The first-order valence-corrected chi connectivity index (χ1v) is 4.53. The van der Waals surface area contributed by atoms with E-state index in [0.29, 0.717) is 13.1 Å². The molecule has 2 N–H and O–H groups in total. The van der Waals surface area contributed by atoms with Gasteiger partial charge in [0, 0.05) is 24.7 Å². The van der Waals surface area contributed by atoms with Crippen LogP contribution in [0.1, 0.15) is 5.56 Å². The molecule has 0 radical (unpaired) electrons. The number of ether oxygens (including phenoxy) is 1. The molecule has 0 aliphatic carbocycles. The van der Waals surface area contributed by atoms with Crippen LogP contribution in [-0.2, 0) is 5.60 Å². The van der Waals surface area contributed by atoms with Crippen LogP contribution in [0.5, 0.6) is 5.75 Å². The Balaban J connectivity index is 2.49. The van der Waals surface area contributed by atoms with E-state index in [0.717, 1.165) is 12.1 Å². The molecule has 5 heteroatoms. The highest BCUT2D eigenvalue weighted by Crippen LogP contribution is 2.34. The van der Waals surface area contributed by atoms with Crippen molar-refractivity contribution in [1.29, 1.82) is 0 Å². The van der Waals surface area contributed by atoms with Gasteiger partial charge in [0.1, 0.15) is 11.4 Å². The molecule has 0 unspecified atom stereocenters. The number of aliphatic hydroxyl groups is 1. The van der Waals surface area contributed by atoms with Crippen molar-refractivity contribution >= 4 is 0 Å². The van der Waals surface area contributed by atoms with E-state index in [4.69, 9.17) is 4.74 Å². The number of hydrogen-bond donors (Lipinski definition) is 2. The lowest BCUT2D eigenvalue weighted by Crippen LogP contribution is -2.56. The predicted octanol–water partition coefficient (Wildman–Crippen LogP) is 0.764. The minimum atomic E-state index is -1.15. The van der Waals surface area contributed by atoms with Crippen molar-refractivity contribution in [2.45, 2.75) is 5.60 Å². The van der Waals surface area contributed by atoms with Crippen LogP contribution in [0.2, 0.25) is 0 Å². The Bertz CT molecular complexity index is 391. The van der Waals surface area contributed by atoms with Crippen LogP contribution in [0.25, 0.3) is 0 Å². The van der Waals surface area contributed by atoms with Crippen LogP contribution in [0.4, 0.5) is 8.78 Å². The molecule has 82 valence electrons. The van der Waals surface area contributed by atoms with Crippen LogP contribution < -0.4 is 10.1 Å². The summed E-state index contributed by atoms with van der Waals surface area (Å²) in [6.45, 7) is 0.628. The topological polar surface area (TPSA) is 41.5 Å². The van der Waals surface area contributed by atoms with E-state index >= 15 is 0 Å². The zero-order valence-corrected chi connectivity index (χ0v) is 8.18. The molecule has 0 saturated carbocycles. The fraction of sp³-hybridized carbons (Fsp3) is 0.400. The smallest absolute Gasteiger partial charge is 0.162 e. The molecule has 2 rings (SSSR count). The third-order valence-corrected chi connectivity index (χ3v) is 2.58. The minimum Gasteiger partial charge on any atom is -0.496 e. The lowest BCUT2D eigenvalue weighted by atomic mass is 9.87. The highest BCUT2D eigenvalue weighted by molar-refractivity contribution is 5.41.